The van der Waals surface area contributed by atoms with Gasteiger partial charge >= 0.3 is 5.57 Å². The Kier molecular flexibility index (Phi) is 9.29. The average Bonchev–Trinajstić information content (AvgIpc) is 2.80. The maximum Gasteiger partial charge on any atom is 0.487 e. The van der Waals surface area contributed by atoms with E-state index in [9.17, 15) is 8.78 Å². The Bertz CT molecular complexity index is 851. The number of ether oxygens (including phenoxy) is 1. The SMILES string of the molecule is CCCCN(CCCC)c1nc(Nc2ccc(OC(F)(F)Cl)cc2)nc(N2CCCCC2)n1. The molecular weight excluding hydrogens is 450 g/mol. The van der Waals surface area contributed by atoms with Gasteiger partial charge in [0.25, 0.3) is 0 Å². The van der Waals surface area contributed by atoms with E-state index in [1.165, 1.54) is 18.6 Å². The van der Waals surface area contributed by atoms with Crippen LogP contribution in [0.25, 0.3) is 0 Å². The van der Waals surface area contributed by atoms with E-state index in [0.29, 0.717) is 23.5 Å². The van der Waals surface area contributed by atoms with E-state index in [-0.39, 0.29) is 5.75 Å². The minimum atomic E-state index is -3.75. The molecule has 0 amide bonds. The minimum absolute atomic E-state index is 0.0313. The number of rotatable bonds is 12. The maximum absolute atomic E-state index is 12.9. The van der Waals surface area contributed by atoms with Crippen molar-refractivity contribution in [3.63, 3.8) is 0 Å². The summed E-state index contributed by atoms with van der Waals surface area (Å²) in [6, 6.07) is 6.07. The first-order valence-electron chi connectivity index (χ1n) is 11.8. The zero-order valence-electron chi connectivity index (χ0n) is 19.4. The fourth-order valence-electron chi connectivity index (χ4n) is 3.67. The lowest BCUT2D eigenvalue weighted by Crippen LogP contribution is -2.33. The Balaban J connectivity index is 1.86. The predicted molar refractivity (Wildman–Crippen MR) is 129 cm³/mol. The number of unbranched alkanes of at least 4 members (excludes halogenated alkanes) is 2. The van der Waals surface area contributed by atoms with Crippen LogP contribution in [0.2, 0.25) is 0 Å². The van der Waals surface area contributed by atoms with Crippen LogP contribution in [0.5, 0.6) is 5.75 Å². The fraction of sp³-hybridized carbons (Fsp3) is 0.609. The summed E-state index contributed by atoms with van der Waals surface area (Å²) in [6.45, 7) is 7.96. The Hall–Kier alpha value is -2.42. The summed E-state index contributed by atoms with van der Waals surface area (Å²) in [6.07, 6.45) is 7.75. The largest absolute Gasteiger partial charge is 0.487 e. The lowest BCUT2D eigenvalue weighted by molar-refractivity contribution is -0.0964. The third-order valence-electron chi connectivity index (χ3n) is 5.44. The van der Waals surface area contributed by atoms with Crippen molar-refractivity contribution in [2.75, 3.05) is 41.3 Å². The van der Waals surface area contributed by atoms with E-state index in [1.807, 2.05) is 0 Å². The van der Waals surface area contributed by atoms with Crippen LogP contribution in [-0.2, 0) is 0 Å². The Morgan fingerprint density at radius 1 is 1.00 bits per heavy atom. The summed E-state index contributed by atoms with van der Waals surface area (Å²) in [7, 11) is 0. The fourth-order valence-corrected chi connectivity index (χ4v) is 3.75. The van der Waals surface area contributed by atoms with Gasteiger partial charge in [-0.3, -0.25) is 0 Å². The molecule has 10 heteroatoms. The minimum Gasteiger partial charge on any atom is -0.420 e. The van der Waals surface area contributed by atoms with Crippen molar-refractivity contribution < 1.29 is 13.5 Å². The highest BCUT2D eigenvalue weighted by Crippen LogP contribution is 2.27. The van der Waals surface area contributed by atoms with Crippen LogP contribution in [0, 0.1) is 0 Å². The van der Waals surface area contributed by atoms with Crippen molar-refractivity contribution >= 4 is 35.1 Å². The Morgan fingerprint density at radius 3 is 2.21 bits per heavy atom. The zero-order chi connectivity index (χ0) is 23.7. The second-order valence-electron chi connectivity index (χ2n) is 8.20. The van der Waals surface area contributed by atoms with Crippen LogP contribution in [0.3, 0.4) is 0 Å². The highest BCUT2D eigenvalue weighted by atomic mass is 35.5. The van der Waals surface area contributed by atoms with Crippen molar-refractivity contribution in [2.24, 2.45) is 0 Å². The molecule has 1 aliphatic heterocycles. The van der Waals surface area contributed by atoms with Gasteiger partial charge in [-0.1, -0.05) is 26.7 Å². The van der Waals surface area contributed by atoms with Gasteiger partial charge in [-0.25, -0.2) is 0 Å². The molecule has 182 valence electrons. The first kappa shape index (κ1) is 25.2. The molecule has 1 N–H and O–H groups in total. The molecule has 0 aliphatic carbocycles. The summed E-state index contributed by atoms with van der Waals surface area (Å²) in [5, 5.41) is 3.19. The molecule has 1 fully saturated rings. The first-order chi connectivity index (χ1) is 15.9. The number of nitrogens with one attached hydrogen (secondary N) is 1. The molecular formula is C23H33ClF2N6O. The molecule has 1 aromatic carbocycles. The highest BCUT2D eigenvalue weighted by Gasteiger charge is 2.27. The molecule has 0 spiro atoms. The number of hydrogen-bond donors (Lipinski definition) is 1. The molecule has 7 nitrogen and oxygen atoms in total. The topological polar surface area (TPSA) is 66.4 Å². The number of aromatic nitrogens is 3. The van der Waals surface area contributed by atoms with Gasteiger partial charge in [0.2, 0.25) is 17.8 Å². The van der Waals surface area contributed by atoms with Crippen molar-refractivity contribution in [3.8, 4) is 5.75 Å². The zero-order valence-corrected chi connectivity index (χ0v) is 20.1. The number of anilines is 4. The van der Waals surface area contributed by atoms with E-state index in [0.717, 1.165) is 64.7 Å². The van der Waals surface area contributed by atoms with Crippen molar-refractivity contribution in [1.29, 1.82) is 0 Å². The van der Waals surface area contributed by atoms with Gasteiger partial charge in [-0.05, 0) is 56.4 Å². The van der Waals surface area contributed by atoms with Gasteiger partial charge in [0.1, 0.15) is 5.75 Å². The van der Waals surface area contributed by atoms with Crippen LogP contribution in [0.15, 0.2) is 24.3 Å². The molecule has 1 aromatic heterocycles. The van der Waals surface area contributed by atoms with E-state index in [4.69, 9.17) is 21.6 Å². The normalized spacial score (nSPS) is 14.3. The third-order valence-corrected chi connectivity index (χ3v) is 5.52. The molecule has 33 heavy (non-hydrogen) atoms. The second-order valence-corrected chi connectivity index (χ2v) is 8.64. The van der Waals surface area contributed by atoms with Crippen molar-refractivity contribution in [1.82, 2.24) is 15.0 Å². The van der Waals surface area contributed by atoms with Gasteiger partial charge in [0.15, 0.2) is 0 Å². The quantitative estimate of drug-likeness (QED) is 0.362. The van der Waals surface area contributed by atoms with E-state index in [1.54, 1.807) is 12.1 Å². The number of halogens is 3. The average molecular weight is 483 g/mol. The molecule has 0 atom stereocenters. The molecule has 1 aliphatic rings. The molecule has 0 radical (unpaired) electrons. The van der Waals surface area contributed by atoms with Crippen LogP contribution in [0.1, 0.15) is 58.8 Å². The lowest BCUT2D eigenvalue weighted by atomic mass is 10.1. The summed E-state index contributed by atoms with van der Waals surface area (Å²) in [4.78, 5) is 18.6. The highest BCUT2D eigenvalue weighted by molar-refractivity contribution is 6.20. The number of nitrogens with zero attached hydrogens (tertiary/aromatic N) is 5. The molecule has 0 bridgehead atoms. The number of alkyl halides is 3. The van der Waals surface area contributed by atoms with Gasteiger partial charge in [-0.2, -0.15) is 15.0 Å². The molecule has 3 rings (SSSR count). The smallest absolute Gasteiger partial charge is 0.420 e. The Labute approximate surface area is 199 Å². The van der Waals surface area contributed by atoms with Gasteiger partial charge in [-0.15, -0.1) is 8.78 Å². The second kappa shape index (κ2) is 12.2. The van der Waals surface area contributed by atoms with Gasteiger partial charge < -0.3 is 19.9 Å². The Morgan fingerprint density at radius 2 is 1.64 bits per heavy atom. The first-order valence-corrected chi connectivity index (χ1v) is 12.1. The molecule has 0 unspecified atom stereocenters. The van der Waals surface area contributed by atoms with Crippen molar-refractivity contribution in [2.45, 2.75) is 64.4 Å². The third kappa shape index (κ3) is 8.14. The lowest BCUT2D eigenvalue weighted by Gasteiger charge is -2.29. The van der Waals surface area contributed by atoms with Crippen LogP contribution < -0.4 is 19.9 Å². The van der Waals surface area contributed by atoms with Gasteiger partial charge in [0, 0.05) is 43.5 Å². The summed E-state index contributed by atoms with van der Waals surface area (Å²) in [5.74, 6) is 1.73. The van der Waals surface area contributed by atoms with E-state index in [2.05, 4.69) is 38.7 Å². The number of piperidine rings is 1. The molecule has 2 heterocycles. The van der Waals surface area contributed by atoms with Crippen molar-refractivity contribution in [3.05, 3.63) is 24.3 Å². The van der Waals surface area contributed by atoms with Crippen LogP contribution in [-0.4, -0.2) is 46.7 Å². The number of benzene rings is 1. The monoisotopic (exact) mass is 482 g/mol. The van der Waals surface area contributed by atoms with Crippen LogP contribution >= 0.6 is 11.6 Å². The van der Waals surface area contributed by atoms with Gasteiger partial charge in [0.05, 0.1) is 0 Å². The summed E-state index contributed by atoms with van der Waals surface area (Å²) < 4.78 is 30.1. The van der Waals surface area contributed by atoms with E-state index < -0.39 is 5.57 Å². The predicted octanol–water partition coefficient (Wildman–Crippen LogP) is 6.18. The summed E-state index contributed by atoms with van der Waals surface area (Å²) in [5.41, 5.74) is -3.10. The molecule has 1 saturated heterocycles. The molecule has 0 saturated carbocycles. The maximum atomic E-state index is 12.9. The van der Waals surface area contributed by atoms with E-state index >= 15 is 0 Å². The van der Waals surface area contributed by atoms with Crippen LogP contribution in [0.4, 0.5) is 32.3 Å². The standard InChI is InChI=1S/C23H33ClF2N6O/c1-3-5-14-31(15-6-4-2)21-28-20(29-22(30-21)32-16-8-7-9-17-32)27-18-10-12-19(13-11-18)33-23(24,25)26/h10-13H,3-9,14-17H2,1-2H3,(H,27,28,29,30). The summed E-state index contributed by atoms with van der Waals surface area (Å²) >= 11 is 4.84. The molecule has 2 aromatic rings. The number of hydrogen-bond acceptors (Lipinski definition) is 7.